The van der Waals surface area contributed by atoms with Crippen molar-refractivity contribution < 1.29 is 4.74 Å². The van der Waals surface area contributed by atoms with Gasteiger partial charge in [-0.25, -0.2) is 4.98 Å². The topological polar surface area (TPSA) is 35.0 Å². The van der Waals surface area contributed by atoms with Crippen molar-refractivity contribution >= 4 is 23.2 Å². The molecular formula is C12H10Cl2N2O. The van der Waals surface area contributed by atoms with Crippen LogP contribution in [0.3, 0.4) is 0 Å². The Morgan fingerprint density at radius 3 is 2.71 bits per heavy atom. The average Bonchev–Trinajstić information content (AvgIpc) is 2.28. The lowest BCUT2D eigenvalue weighted by atomic mass is 10.2. The third-order valence-electron chi connectivity index (χ3n) is 2.19. The number of halogens is 2. The summed E-state index contributed by atoms with van der Waals surface area (Å²) in [7, 11) is 0. The first-order chi connectivity index (χ1) is 8.06. The first kappa shape index (κ1) is 12.1. The molecule has 5 heteroatoms. The van der Waals surface area contributed by atoms with Crippen molar-refractivity contribution in [3.8, 4) is 11.6 Å². The Labute approximate surface area is 109 Å². The van der Waals surface area contributed by atoms with E-state index < -0.39 is 0 Å². The summed E-state index contributed by atoms with van der Waals surface area (Å²) in [6, 6.07) is 5.54. The van der Waals surface area contributed by atoms with Gasteiger partial charge in [-0.3, -0.25) is 0 Å². The zero-order chi connectivity index (χ0) is 12.4. The molecule has 1 aromatic heterocycles. The molecular weight excluding hydrogens is 259 g/mol. The van der Waals surface area contributed by atoms with Crippen molar-refractivity contribution in [3.05, 3.63) is 45.8 Å². The minimum absolute atomic E-state index is 0.148. The highest BCUT2D eigenvalue weighted by atomic mass is 35.5. The van der Waals surface area contributed by atoms with Gasteiger partial charge in [0.25, 0.3) is 0 Å². The summed E-state index contributed by atoms with van der Waals surface area (Å²) in [5.41, 5.74) is 1.86. The predicted molar refractivity (Wildman–Crippen MR) is 68.0 cm³/mol. The molecule has 0 radical (unpaired) electrons. The summed E-state index contributed by atoms with van der Waals surface area (Å²) >= 11 is 11.8. The number of ether oxygens (including phenoxy) is 1. The van der Waals surface area contributed by atoms with Crippen molar-refractivity contribution in [2.24, 2.45) is 0 Å². The number of aryl methyl sites for hydroxylation is 2. The van der Waals surface area contributed by atoms with E-state index in [1.54, 1.807) is 12.3 Å². The summed E-state index contributed by atoms with van der Waals surface area (Å²) in [5, 5.41) is 0.680. The van der Waals surface area contributed by atoms with Crippen LogP contribution in [0, 0.1) is 13.8 Å². The summed E-state index contributed by atoms with van der Waals surface area (Å²) in [5.74, 6) is 0.974. The highest BCUT2D eigenvalue weighted by molar-refractivity contribution is 6.32. The molecule has 0 aliphatic heterocycles. The van der Waals surface area contributed by atoms with Gasteiger partial charge in [-0.2, -0.15) is 4.98 Å². The second-order valence-corrected chi connectivity index (χ2v) is 4.41. The number of nitrogens with zero attached hydrogens (tertiary/aromatic N) is 2. The lowest BCUT2D eigenvalue weighted by Crippen LogP contribution is -1.94. The standard InChI is InChI=1S/C12H10Cl2N2O/c1-7-3-4-9(13)10(5-7)17-11-8(2)6-15-12(14)16-11/h3-6H,1-2H3. The molecule has 1 aromatic carbocycles. The molecule has 0 aliphatic carbocycles. The number of hydrogen-bond donors (Lipinski definition) is 0. The van der Waals surface area contributed by atoms with Crippen LogP contribution in [-0.2, 0) is 0 Å². The van der Waals surface area contributed by atoms with Gasteiger partial charge in [-0.1, -0.05) is 17.7 Å². The van der Waals surface area contributed by atoms with Crippen LogP contribution in [0.4, 0.5) is 0 Å². The van der Waals surface area contributed by atoms with Crippen molar-refractivity contribution in [1.29, 1.82) is 0 Å². The monoisotopic (exact) mass is 268 g/mol. The van der Waals surface area contributed by atoms with E-state index in [0.717, 1.165) is 11.1 Å². The summed E-state index contributed by atoms with van der Waals surface area (Å²) in [6.45, 7) is 3.80. The summed E-state index contributed by atoms with van der Waals surface area (Å²) in [6.07, 6.45) is 1.61. The minimum Gasteiger partial charge on any atom is -0.437 e. The molecule has 0 aliphatic rings. The van der Waals surface area contributed by atoms with E-state index in [1.807, 2.05) is 26.0 Å². The molecule has 2 rings (SSSR count). The molecule has 88 valence electrons. The predicted octanol–water partition coefficient (Wildman–Crippen LogP) is 4.19. The van der Waals surface area contributed by atoms with Crippen LogP contribution < -0.4 is 4.74 Å². The fraction of sp³-hybridized carbons (Fsp3) is 0.167. The van der Waals surface area contributed by atoms with Crippen LogP contribution in [0.25, 0.3) is 0 Å². The van der Waals surface area contributed by atoms with Gasteiger partial charge in [-0.05, 0) is 43.1 Å². The summed E-state index contributed by atoms with van der Waals surface area (Å²) < 4.78 is 5.63. The first-order valence-corrected chi connectivity index (χ1v) is 5.75. The van der Waals surface area contributed by atoms with Gasteiger partial charge < -0.3 is 4.74 Å². The number of rotatable bonds is 2. The molecule has 0 N–H and O–H groups in total. The first-order valence-electron chi connectivity index (χ1n) is 4.99. The highest BCUT2D eigenvalue weighted by Crippen LogP contribution is 2.30. The van der Waals surface area contributed by atoms with Crippen LogP contribution in [0.2, 0.25) is 10.3 Å². The maximum Gasteiger partial charge on any atom is 0.226 e. The van der Waals surface area contributed by atoms with Gasteiger partial charge in [0.05, 0.1) is 5.02 Å². The van der Waals surface area contributed by atoms with Gasteiger partial charge in [0.2, 0.25) is 11.2 Å². The molecule has 0 bridgehead atoms. The van der Waals surface area contributed by atoms with E-state index in [-0.39, 0.29) is 5.28 Å². The Morgan fingerprint density at radius 1 is 1.18 bits per heavy atom. The molecule has 0 saturated heterocycles. The van der Waals surface area contributed by atoms with Crippen LogP contribution in [0.1, 0.15) is 11.1 Å². The van der Waals surface area contributed by atoms with E-state index in [4.69, 9.17) is 27.9 Å². The average molecular weight is 269 g/mol. The molecule has 0 amide bonds. The van der Waals surface area contributed by atoms with Crippen molar-refractivity contribution in [1.82, 2.24) is 9.97 Å². The van der Waals surface area contributed by atoms with E-state index in [2.05, 4.69) is 9.97 Å². The Bertz CT molecular complexity index is 509. The SMILES string of the molecule is Cc1ccc(Cl)c(Oc2nc(Cl)ncc2C)c1. The van der Waals surface area contributed by atoms with Gasteiger partial charge in [0.15, 0.2) is 0 Å². The number of benzene rings is 1. The molecule has 0 atom stereocenters. The number of aromatic nitrogens is 2. The lowest BCUT2D eigenvalue weighted by Gasteiger charge is -2.09. The van der Waals surface area contributed by atoms with E-state index in [0.29, 0.717) is 16.7 Å². The quantitative estimate of drug-likeness (QED) is 0.766. The minimum atomic E-state index is 0.148. The van der Waals surface area contributed by atoms with Crippen LogP contribution in [0.5, 0.6) is 11.6 Å². The van der Waals surface area contributed by atoms with Gasteiger partial charge >= 0.3 is 0 Å². The number of hydrogen-bond acceptors (Lipinski definition) is 3. The summed E-state index contributed by atoms with van der Waals surface area (Å²) in [4.78, 5) is 7.87. The molecule has 0 fully saturated rings. The Morgan fingerprint density at radius 2 is 1.94 bits per heavy atom. The Balaban J connectivity index is 2.37. The molecule has 3 nitrogen and oxygen atoms in total. The molecule has 0 saturated carbocycles. The zero-order valence-electron chi connectivity index (χ0n) is 9.37. The van der Waals surface area contributed by atoms with E-state index in [1.165, 1.54) is 0 Å². The molecule has 1 heterocycles. The van der Waals surface area contributed by atoms with Crippen molar-refractivity contribution in [2.75, 3.05) is 0 Å². The third kappa shape index (κ3) is 2.87. The van der Waals surface area contributed by atoms with Gasteiger partial charge in [-0.15, -0.1) is 0 Å². The highest BCUT2D eigenvalue weighted by Gasteiger charge is 2.08. The second-order valence-electron chi connectivity index (χ2n) is 3.66. The maximum absolute atomic E-state index is 6.04. The van der Waals surface area contributed by atoms with Crippen molar-refractivity contribution in [2.45, 2.75) is 13.8 Å². The van der Waals surface area contributed by atoms with Gasteiger partial charge in [0.1, 0.15) is 5.75 Å². The smallest absolute Gasteiger partial charge is 0.226 e. The molecule has 0 spiro atoms. The van der Waals surface area contributed by atoms with Crippen LogP contribution >= 0.6 is 23.2 Å². The molecule has 17 heavy (non-hydrogen) atoms. The largest absolute Gasteiger partial charge is 0.437 e. The fourth-order valence-electron chi connectivity index (χ4n) is 1.30. The molecule has 0 unspecified atom stereocenters. The maximum atomic E-state index is 6.04. The van der Waals surface area contributed by atoms with Crippen LogP contribution in [-0.4, -0.2) is 9.97 Å². The Kier molecular flexibility index (Phi) is 3.50. The third-order valence-corrected chi connectivity index (χ3v) is 2.68. The Hall–Kier alpha value is -1.32. The lowest BCUT2D eigenvalue weighted by molar-refractivity contribution is 0.457. The van der Waals surface area contributed by atoms with Crippen LogP contribution in [0.15, 0.2) is 24.4 Å². The van der Waals surface area contributed by atoms with Crippen molar-refractivity contribution in [3.63, 3.8) is 0 Å². The van der Waals surface area contributed by atoms with Gasteiger partial charge in [0, 0.05) is 11.8 Å². The second kappa shape index (κ2) is 4.90. The van der Waals surface area contributed by atoms with E-state index >= 15 is 0 Å². The zero-order valence-corrected chi connectivity index (χ0v) is 10.9. The fourth-order valence-corrected chi connectivity index (χ4v) is 1.58. The molecule has 2 aromatic rings. The van der Waals surface area contributed by atoms with E-state index in [9.17, 15) is 0 Å². The normalized spacial score (nSPS) is 10.4.